The van der Waals surface area contributed by atoms with Crippen LogP contribution in [0, 0.1) is 16.0 Å². The molecule has 0 atom stereocenters. The van der Waals surface area contributed by atoms with Crippen molar-refractivity contribution in [3.63, 3.8) is 0 Å². The van der Waals surface area contributed by atoms with Gasteiger partial charge in [0.25, 0.3) is 0 Å². The van der Waals surface area contributed by atoms with Crippen molar-refractivity contribution in [1.29, 1.82) is 0 Å². The summed E-state index contributed by atoms with van der Waals surface area (Å²) in [6.07, 6.45) is 3.37. The molecule has 0 bridgehead atoms. The lowest BCUT2D eigenvalue weighted by Crippen LogP contribution is -2.10. The maximum Gasteiger partial charge on any atom is 0.311 e. The average molecular weight is 294 g/mol. The third kappa shape index (κ3) is 5.18. The molecule has 1 aromatic rings. The number of aromatic nitrogens is 1. The fourth-order valence-corrected chi connectivity index (χ4v) is 1.92. The SMILES string of the molecule is CCNc1ccc([N+](=O)[O-])c(NCCCOCC2CC2)n1. The van der Waals surface area contributed by atoms with Gasteiger partial charge in [-0.1, -0.05) is 0 Å². The molecule has 1 aliphatic rings. The van der Waals surface area contributed by atoms with Crippen LogP contribution >= 0.6 is 0 Å². The van der Waals surface area contributed by atoms with E-state index in [0.717, 1.165) is 25.5 Å². The number of anilines is 2. The van der Waals surface area contributed by atoms with E-state index in [1.807, 2.05) is 6.92 Å². The van der Waals surface area contributed by atoms with Gasteiger partial charge in [0.05, 0.1) is 4.92 Å². The predicted octanol–water partition coefficient (Wildman–Crippen LogP) is 2.65. The normalized spacial score (nSPS) is 14.0. The maximum absolute atomic E-state index is 11.0. The first kappa shape index (κ1) is 15.5. The molecule has 1 fully saturated rings. The van der Waals surface area contributed by atoms with Crippen LogP contribution in [0.4, 0.5) is 17.3 Å². The Bertz CT molecular complexity index is 477. The van der Waals surface area contributed by atoms with Crippen molar-refractivity contribution >= 4 is 17.3 Å². The van der Waals surface area contributed by atoms with Crippen molar-refractivity contribution in [2.75, 3.05) is 36.9 Å². The molecule has 7 nitrogen and oxygen atoms in total. The highest BCUT2D eigenvalue weighted by atomic mass is 16.6. The van der Waals surface area contributed by atoms with Crippen LogP contribution in [0.5, 0.6) is 0 Å². The van der Waals surface area contributed by atoms with Gasteiger partial charge in [0, 0.05) is 32.4 Å². The second-order valence-electron chi connectivity index (χ2n) is 5.15. The minimum Gasteiger partial charge on any atom is -0.381 e. The zero-order valence-corrected chi connectivity index (χ0v) is 12.3. The second-order valence-corrected chi connectivity index (χ2v) is 5.15. The van der Waals surface area contributed by atoms with Gasteiger partial charge in [0.1, 0.15) is 5.82 Å². The van der Waals surface area contributed by atoms with E-state index in [9.17, 15) is 10.1 Å². The number of rotatable bonds is 10. The van der Waals surface area contributed by atoms with Gasteiger partial charge in [-0.15, -0.1) is 0 Å². The Morgan fingerprint density at radius 2 is 2.24 bits per heavy atom. The molecule has 0 saturated heterocycles. The van der Waals surface area contributed by atoms with Gasteiger partial charge >= 0.3 is 5.69 Å². The summed E-state index contributed by atoms with van der Waals surface area (Å²) in [7, 11) is 0. The molecular weight excluding hydrogens is 272 g/mol. The lowest BCUT2D eigenvalue weighted by atomic mass is 10.3. The Labute approximate surface area is 124 Å². The molecule has 0 unspecified atom stereocenters. The topological polar surface area (TPSA) is 89.3 Å². The largest absolute Gasteiger partial charge is 0.381 e. The minimum atomic E-state index is -0.422. The highest BCUT2D eigenvalue weighted by Gasteiger charge is 2.21. The zero-order valence-electron chi connectivity index (χ0n) is 12.3. The lowest BCUT2D eigenvalue weighted by molar-refractivity contribution is -0.384. The first-order valence-corrected chi connectivity index (χ1v) is 7.41. The smallest absolute Gasteiger partial charge is 0.311 e. The lowest BCUT2D eigenvalue weighted by Gasteiger charge is -2.09. The van der Waals surface area contributed by atoms with Gasteiger partial charge in [0.15, 0.2) is 0 Å². The summed E-state index contributed by atoms with van der Waals surface area (Å²) in [6, 6.07) is 3.09. The van der Waals surface area contributed by atoms with Gasteiger partial charge < -0.3 is 15.4 Å². The molecule has 0 aromatic carbocycles. The quantitative estimate of drug-likeness (QED) is 0.392. The van der Waals surface area contributed by atoms with Crippen LogP contribution in [0.15, 0.2) is 12.1 Å². The highest BCUT2D eigenvalue weighted by molar-refractivity contribution is 5.60. The molecule has 1 aromatic heterocycles. The molecule has 2 rings (SSSR count). The molecule has 116 valence electrons. The average Bonchev–Trinajstić information content (AvgIpc) is 3.27. The van der Waals surface area contributed by atoms with Crippen molar-refractivity contribution < 1.29 is 9.66 Å². The molecule has 1 saturated carbocycles. The third-order valence-electron chi connectivity index (χ3n) is 3.24. The number of nitrogens with zero attached hydrogens (tertiary/aromatic N) is 2. The van der Waals surface area contributed by atoms with Crippen LogP contribution < -0.4 is 10.6 Å². The number of hydrogen-bond donors (Lipinski definition) is 2. The van der Waals surface area contributed by atoms with Crippen molar-refractivity contribution in [1.82, 2.24) is 4.98 Å². The van der Waals surface area contributed by atoms with Crippen LogP contribution in [0.25, 0.3) is 0 Å². The maximum atomic E-state index is 11.0. The molecule has 0 aliphatic heterocycles. The van der Waals surface area contributed by atoms with Gasteiger partial charge in [-0.3, -0.25) is 10.1 Å². The Morgan fingerprint density at radius 3 is 2.90 bits per heavy atom. The van der Waals surface area contributed by atoms with Gasteiger partial charge in [-0.2, -0.15) is 0 Å². The van der Waals surface area contributed by atoms with Gasteiger partial charge in [-0.25, -0.2) is 4.98 Å². The number of ether oxygens (including phenoxy) is 1. The molecule has 0 radical (unpaired) electrons. The first-order chi connectivity index (χ1) is 10.2. The van der Waals surface area contributed by atoms with E-state index < -0.39 is 4.92 Å². The Hall–Kier alpha value is -1.89. The first-order valence-electron chi connectivity index (χ1n) is 7.41. The summed E-state index contributed by atoms with van der Waals surface area (Å²) in [5, 5.41) is 17.1. The summed E-state index contributed by atoms with van der Waals surface area (Å²) in [5.41, 5.74) is -0.00412. The molecule has 0 amide bonds. The molecule has 7 heteroatoms. The van der Waals surface area contributed by atoms with Crippen LogP contribution in [-0.2, 0) is 4.74 Å². The summed E-state index contributed by atoms with van der Waals surface area (Å²) >= 11 is 0. The summed E-state index contributed by atoms with van der Waals surface area (Å²) in [4.78, 5) is 14.8. The predicted molar refractivity (Wildman–Crippen MR) is 81.7 cm³/mol. The Kier molecular flexibility index (Phi) is 5.74. The second kappa shape index (κ2) is 7.78. The van der Waals surface area contributed by atoms with E-state index in [2.05, 4.69) is 15.6 Å². The Morgan fingerprint density at radius 1 is 1.43 bits per heavy atom. The minimum absolute atomic E-state index is 0.00412. The summed E-state index contributed by atoms with van der Waals surface area (Å²) in [6.45, 7) is 4.79. The van der Waals surface area contributed by atoms with Crippen LogP contribution in [0.1, 0.15) is 26.2 Å². The molecule has 2 N–H and O–H groups in total. The summed E-state index contributed by atoms with van der Waals surface area (Å²) in [5.74, 6) is 1.70. The van der Waals surface area contributed by atoms with Gasteiger partial charge in [-0.05, 0) is 38.2 Å². The summed E-state index contributed by atoms with van der Waals surface area (Å²) < 4.78 is 5.53. The van der Waals surface area contributed by atoms with Crippen LogP contribution in [0.2, 0.25) is 0 Å². The molecule has 0 spiro atoms. The number of nitrogens with one attached hydrogen (secondary N) is 2. The van der Waals surface area contributed by atoms with Crippen molar-refractivity contribution in [3.05, 3.63) is 22.2 Å². The number of hydrogen-bond acceptors (Lipinski definition) is 6. The highest BCUT2D eigenvalue weighted by Crippen LogP contribution is 2.28. The molecule has 1 heterocycles. The fraction of sp³-hybridized carbons (Fsp3) is 0.643. The number of nitro groups is 1. The van der Waals surface area contributed by atoms with Crippen molar-refractivity contribution in [2.45, 2.75) is 26.2 Å². The van der Waals surface area contributed by atoms with Crippen LogP contribution in [0.3, 0.4) is 0 Å². The fourth-order valence-electron chi connectivity index (χ4n) is 1.92. The van der Waals surface area contributed by atoms with E-state index >= 15 is 0 Å². The van der Waals surface area contributed by atoms with E-state index in [1.54, 1.807) is 6.07 Å². The number of pyridine rings is 1. The van der Waals surface area contributed by atoms with Crippen LogP contribution in [-0.4, -0.2) is 36.2 Å². The van der Waals surface area contributed by atoms with E-state index in [-0.39, 0.29) is 5.69 Å². The third-order valence-corrected chi connectivity index (χ3v) is 3.24. The van der Waals surface area contributed by atoms with E-state index in [1.165, 1.54) is 18.9 Å². The molecule has 1 aliphatic carbocycles. The van der Waals surface area contributed by atoms with Crippen molar-refractivity contribution in [3.8, 4) is 0 Å². The van der Waals surface area contributed by atoms with E-state index in [4.69, 9.17) is 4.74 Å². The molecular formula is C14H22N4O3. The van der Waals surface area contributed by atoms with E-state index in [0.29, 0.717) is 24.8 Å². The van der Waals surface area contributed by atoms with Gasteiger partial charge in [0.2, 0.25) is 5.82 Å². The molecule has 21 heavy (non-hydrogen) atoms. The Balaban J connectivity index is 1.80. The standard InChI is InChI=1S/C14H22N4O3/c1-2-15-13-7-6-12(18(19)20)14(17-13)16-8-3-9-21-10-11-4-5-11/h6-7,11H,2-5,8-10H2,1H3,(H2,15,16,17). The zero-order chi connectivity index (χ0) is 15.1. The van der Waals surface area contributed by atoms with Crippen molar-refractivity contribution in [2.24, 2.45) is 5.92 Å². The monoisotopic (exact) mass is 294 g/mol.